The molecule has 4 rings (SSSR count). The number of nitrogen functional groups attached to an aromatic ring is 1. The Kier molecular flexibility index (Phi) is 6.80. The number of thioether (sulfide) groups is 1. The van der Waals surface area contributed by atoms with E-state index in [1.807, 2.05) is 42.6 Å². The molecule has 8 heteroatoms. The average Bonchev–Trinajstić information content (AvgIpc) is 3.32. The lowest BCUT2D eigenvalue weighted by molar-refractivity contribution is 0.146. The molecule has 0 spiro atoms. The van der Waals surface area contributed by atoms with Gasteiger partial charge in [-0.1, -0.05) is 24.3 Å². The fraction of sp³-hybridized carbons (Fsp3) is 0.160. The van der Waals surface area contributed by atoms with Crippen molar-refractivity contribution in [1.29, 1.82) is 10.5 Å². The van der Waals surface area contributed by atoms with E-state index in [1.54, 1.807) is 19.2 Å². The molecule has 0 radical (unpaired) electrons. The normalized spacial score (nSPS) is 10.6. The van der Waals surface area contributed by atoms with E-state index in [4.69, 9.17) is 15.2 Å². The van der Waals surface area contributed by atoms with Crippen molar-refractivity contribution in [3.8, 4) is 29.0 Å². The van der Waals surface area contributed by atoms with Gasteiger partial charge < -0.3 is 20.2 Å². The number of anilines is 1. The van der Waals surface area contributed by atoms with Crippen LogP contribution in [-0.2, 0) is 10.5 Å². The van der Waals surface area contributed by atoms with E-state index in [0.29, 0.717) is 46.4 Å². The van der Waals surface area contributed by atoms with Crippen LogP contribution in [0.3, 0.4) is 0 Å². The van der Waals surface area contributed by atoms with Crippen molar-refractivity contribution in [1.82, 2.24) is 9.97 Å². The number of aromatic nitrogens is 2. The van der Waals surface area contributed by atoms with Crippen molar-refractivity contribution in [2.45, 2.75) is 10.8 Å². The Balaban J connectivity index is 1.69. The van der Waals surface area contributed by atoms with Gasteiger partial charge in [0, 0.05) is 35.5 Å². The number of rotatable bonds is 8. The zero-order chi connectivity index (χ0) is 23.2. The quantitative estimate of drug-likeness (QED) is 0.287. The average molecular weight is 456 g/mol. The molecule has 0 unspecified atom stereocenters. The number of benzene rings is 2. The molecule has 2 aromatic carbocycles. The SMILES string of the molecule is COCCOc1ccc(-c2c(C#N)c(N)nc(SCc3cccc4[nH]ccc34)c2C#N)cc1. The van der Waals surface area contributed by atoms with Gasteiger partial charge in [-0.25, -0.2) is 4.98 Å². The topological polar surface area (TPSA) is 121 Å². The molecule has 0 amide bonds. The van der Waals surface area contributed by atoms with Gasteiger partial charge in [-0.2, -0.15) is 10.5 Å². The molecule has 33 heavy (non-hydrogen) atoms. The summed E-state index contributed by atoms with van der Waals surface area (Å²) in [6.45, 7) is 0.913. The van der Waals surface area contributed by atoms with E-state index >= 15 is 0 Å². The van der Waals surface area contributed by atoms with Crippen LogP contribution in [0.5, 0.6) is 5.75 Å². The van der Waals surface area contributed by atoms with Crippen LogP contribution in [0.2, 0.25) is 0 Å². The maximum atomic E-state index is 10.0. The van der Waals surface area contributed by atoms with E-state index in [1.165, 1.54) is 11.8 Å². The summed E-state index contributed by atoms with van der Waals surface area (Å²) >= 11 is 1.43. The van der Waals surface area contributed by atoms with E-state index in [9.17, 15) is 10.5 Å². The van der Waals surface area contributed by atoms with Gasteiger partial charge in [0.25, 0.3) is 0 Å². The van der Waals surface area contributed by atoms with Crippen LogP contribution in [0.15, 0.2) is 59.8 Å². The lowest BCUT2D eigenvalue weighted by Gasteiger charge is -2.14. The first kappa shape index (κ1) is 22.2. The number of nitrogens with one attached hydrogen (secondary N) is 1. The lowest BCUT2D eigenvalue weighted by atomic mass is 9.97. The summed E-state index contributed by atoms with van der Waals surface area (Å²) in [5, 5.41) is 21.4. The molecule has 3 N–H and O–H groups in total. The third-order valence-corrected chi connectivity index (χ3v) is 6.19. The number of ether oxygens (including phenoxy) is 2. The van der Waals surface area contributed by atoms with Crippen molar-refractivity contribution in [2.24, 2.45) is 0 Å². The molecule has 0 atom stereocenters. The van der Waals surface area contributed by atoms with Crippen LogP contribution in [0.25, 0.3) is 22.0 Å². The van der Waals surface area contributed by atoms with Crippen molar-refractivity contribution < 1.29 is 9.47 Å². The molecular weight excluding hydrogens is 434 g/mol. The molecule has 4 aromatic rings. The van der Waals surface area contributed by atoms with Gasteiger partial charge in [0.2, 0.25) is 0 Å². The smallest absolute Gasteiger partial charge is 0.143 e. The largest absolute Gasteiger partial charge is 0.491 e. The van der Waals surface area contributed by atoms with Crippen LogP contribution in [0.4, 0.5) is 5.82 Å². The molecule has 0 aliphatic heterocycles. The Hall–Kier alpha value is -3.98. The standard InChI is InChI=1S/C25H21N5O2S/c1-31-11-12-32-18-7-5-16(6-8-18)23-20(13-26)24(28)30-25(21(23)14-27)33-15-17-3-2-4-22-19(17)9-10-29-22/h2-10,29H,11-12,15H2,1H3,(H2,28,30). The Morgan fingerprint density at radius 1 is 1.03 bits per heavy atom. The van der Waals surface area contributed by atoms with Crippen molar-refractivity contribution in [3.63, 3.8) is 0 Å². The minimum absolute atomic E-state index is 0.106. The summed E-state index contributed by atoms with van der Waals surface area (Å²) in [6.07, 6.45) is 1.90. The van der Waals surface area contributed by atoms with Crippen LogP contribution in [0.1, 0.15) is 16.7 Å². The molecule has 2 heterocycles. The van der Waals surface area contributed by atoms with E-state index < -0.39 is 0 Å². The lowest BCUT2D eigenvalue weighted by Crippen LogP contribution is -2.05. The summed E-state index contributed by atoms with van der Waals surface area (Å²) in [4.78, 5) is 7.61. The number of H-pyrrole nitrogens is 1. The Bertz CT molecular complexity index is 1370. The number of methoxy groups -OCH3 is 1. The molecule has 0 aliphatic rings. The van der Waals surface area contributed by atoms with Gasteiger partial charge in [0.1, 0.15) is 40.9 Å². The van der Waals surface area contributed by atoms with E-state index in [0.717, 1.165) is 16.5 Å². The summed E-state index contributed by atoms with van der Waals surface area (Å²) in [7, 11) is 1.61. The first-order valence-electron chi connectivity index (χ1n) is 10.2. The maximum Gasteiger partial charge on any atom is 0.143 e. The van der Waals surface area contributed by atoms with Crippen molar-refractivity contribution in [3.05, 3.63) is 71.4 Å². The van der Waals surface area contributed by atoms with E-state index in [-0.39, 0.29) is 11.4 Å². The summed E-state index contributed by atoms with van der Waals surface area (Å²) in [6, 6.07) is 19.7. The molecule has 2 aromatic heterocycles. The van der Waals surface area contributed by atoms with Gasteiger partial charge in [-0.15, -0.1) is 11.8 Å². The third kappa shape index (κ3) is 4.63. The Morgan fingerprint density at radius 3 is 2.55 bits per heavy atom. The molecule has 0 saturated carbocycles. The van der Waals surface area contributed by atoms with Crippen molar-refractivity contribution in [2.75, 3.05) is 26.1 Å². The number of nitriles is 2. The number of hydrogen-bond donors (Lipinski definition) is 2. The fourth-order valence-corrected chi connectivity index (χ4v) is 4.57. The number of nitrogens with zero attached hydrogens (tertiary/aromatic N) is 3. The zero-order valence-electron chi connectivity index (χ0n) is 18.0. The predicted molar refractivity (Wildman–Crippen MR) is 129 cm³/mol. The maximum absolute atomic E-state index is 10.0. The third-order valence-electron chi connectivity index (χ3n) is 5.16. The van der Waals surface area contributed by atoms with Gasteiger partial charge in [0.15, 0.2) is 0 Å². The molecule has 0 saturated heterocycles. The fourth-order valence-electron chi connectivity index (χ4n) is 3.57. The highest BCUT2D eigenvalue weighted by atomic mass is 32.2. The number of fused-ring (bicyclic) bond motifs is 1. The molecule has 164 valence electrons. The monoisotopic (exact) mass is 455 g/mol. The van der Waals surface area contributed by atoms with Gasteiger partial charge in [0.05, 0.1) is 12.2 Å². The highest BCUT2D eigenvalue weighted by Gasteiger charge is 2.21. The Morgan fingerprint density at radius 2 is 1.82 bits per heavy atom. The summed E-state index contributed by atoms with van der Waals surface area (Å²) in [5.74, 6) is 1.38. The minimum Gasteiger partial charge on any atom is -0.491 e. The second-order valence-corrected chi connectivity index (χ2v) is 8.13. The summed E-state index contributed by atoms with van der Waals surface area (Å²) in [5.41, 5.74) is 10.0. The molecule has 0 aliphatic carbocycles. The van der Waals surface area contributed by atoms with Crippen LogP contribution in [-0.4, -0.2) is 30.3 Å². The first-order chi connectivity index (χ1) is 16.2. The van der Waals surface area contributed by atoms with Gasteiger partial charge in [-0.3, -0.25) is 0 Å². The number of hydrogen-bond acceptors (Lipinski definition) is 7. The van der Waals surface area contributed by atoms with Gasteiger partial charge in [-0.05, 0) is 35.4 Å². The number of nitrogens with two attached hydrogens (primary N) is 1. The minimum atomic E-state index is 0.106. The Labute approximate surface area is 195 Å². The molecule has 0 bridgehead atoms. The summed E-state index contributed by atoms with van der Waals surface area (Å²) < 4.78 is 10.6. The number of aromatic amines is 1. The highest BCUT2D eigenvalue weighted by Crippen LogP contribution is 2.37. The van der Waals surface area contributed by atoms with Crippen LogP contribution < -0.4 is 10.5 Å². The molecular formula is C25H21N5O2S. The highest BCUT2D eigenvalue weighted by molar-refractivity contribution is 7.98. The molecule has 0 fully saturated rings. The van der Waals surface area contributed by atoms with Gasteiger partial charge >= 0.3 is 0 Å². The van der Waals surface area contributed by atoms with E-state index in [2.05, 4.69) is 22.1 Å². The predicted octanol–water partition coefficient (Wildman–Crippen LogP) is 4.87. The molecule has 7 nitrogen and oxygen atoms in total. The second-order valence-electron chi connectivity index (χ2n) is 7.16. The van der Waals surface area contributed by atoms with Crippen molar-refractivity contribution >= 4 is 28.5 Å². The van der Waals surface area contributed by atoms with Crippen LogP contribution in [0, 0.1) is 22.7 Å². The zero-order valence-corrected chi connectivity index (χ0v) is 18.8. The second kappa shape index (κ2) is 10.1. The number of pyridine rings is 1. The first-order valence-corrected chi connectivity index (χ1v) is 11.2. The van der Waals surface area contributed by atoms with Crippen LogP contribution >= 0.6 is 11.8 Å².